The maximum Gasteiger partial charge on any atom is 0.327 e. The predicted octanol–water partition coefficient (Wildman–Crippen LogP) is 5.08. The van der Waals surface area contributed by atoms with Gasteiger partial charge >= 0.3 is 5.97 Å². The largest absolute Gasteiger partial charge is 0.480 e. The summed E-state index contributed by atoms with van der Waals surface area (Å²) in [5.74, 6) is -5.95. The molecular formula is C31H29Cl2FN4O5. The first-order chi connectivity index (χ1) is 20.1. The second-order valence-electron chi connectivity index (χ2n) is 12.1. The summed E-state index contributed by atoms with van der Waals surface area (Å²) in [5.41, 5.74) is 9.53. The summed E-state index contributed by atoms with van der Waals surface area (Å²) in [5, 5.41) is 13.9. The van der Waals surface area contributed by atoms with Crippen molar-refractivity contribution in [3.05, 3.63) is 92.7 Å². The highest BCUT2D eigenvalue weighted by Crippen LogP contribution is 2.61. The molecule has 12 heteroatoms. The first kappa shape index (κ1) is 30.3. The van der Waals surface area contributed by atoms with Crippen molar-refractivity contribution >= 4 is 58.3 Å². The van der Waals surface area contributed by atoms with Crippen molar-refractivity contribution in [3.8, 4) is 0 Å². The maximum absolute atomic E-state index is 16.0. The van der Waals surface area contributed by atoms with Gasteiger partial charge in [-0.25, -0.2) is 9.18 Å². The van der Waals surface area contributed by atoms with Gasteiger partial charge in [0.15, 0.2) is 0 Å². The molecule has 1 fully saturated rings. The normalized spacial score (nSPS) is 22.9. The van der Waals surface area contributed by atoms with Gasteiger partial charge in [-0.15, -0.1) is 0 Å². The van der Waals surface area contributed by atoms with E-state index >= 15 is 4.39 Å². The molecule has 0 aliphatic carbocycles. The average molecular weight is 628 g/mol. The number of hydrogen-bond donors (Lipinski definition) is 4. The lowest BCUT2D eigenvalue weighted by Gasteiger charge is -2.40. The van der Waals surface area contributed by atoms with E-state index in [9.17, 15) is 24.3 Å². The monoisotopic (exact) mass is 626 g/mol. The molecule has 1 saturated heterocycles. The van der Waals surface area contributed by atoms with Crippen molar-refractivity contribution in [2.75, 3.05) is 10.2 Å². The number of nitrogens with two attached hydrogens (primary N) is 2. The van der Waals surface area contributed by atoms with Crippen LogP contribution in [0.3, 0.4) is 0 Å². The molecule has 224 valence electrons. The molecule has 1 unspecified atom stereocenters. The van der Waals surface area contributed by atoms with Crippen LogP contribution < -0.4 is 21.7 Å². The minimum absolute atomic E-state index is 0.0262. The summed E-state index contributed by atoms with van der Waals surface area (Å²) in [6.07, 6.45) is 0.209. The van der Waals surface area contributed by atoms with Crippen molar-refractivity contribution in [1.82, 2.24) is 0 Å². The molecule has 3 aromatic rings. The van der Waals surface area contributed by atoms with Crippen molar-refractivity contribution in [1.29, 1.82) is 0 Å². The molecule has 4 atom stereocenters. The van der Waals surface area contributed by atoms with Crippen molar-refractivity contribution in [2.24, 2.45) is 16.9 Å². The fraction of sp³-hybridized carbons (Fsp3) is 0.290. The summed E-state index contributed by atoms with van der Waals surface area (Å²) in [6, 6.07) is 10.3. The Morgan fingerprint density at radius 2 is 1.74 bits per heavy atom. The van der Waals surface area contributed by atoms with Gasteiger partial charge in [-0.2, -0.15) is 0 Å². The Hall–Kier alpha value is -4.15. The van der Waals surface area contributed by atoms with E-state index in [1.807, 2.05) is 20.8 Å². The van der Waals surface area contributed by atoms with E-state index in [-0.39, 0.29) is 33.8 Å². The van der Waals surface area contributed by atoms with Crippen molar-refractivity contribution in [2.45, 2.75) is 50.6 Å². The maximum atomic E-state index is 16.0. The van der Waals surface area contributed by atoms with Crippen LogP contribution in [0.25, 0.3) is 0 Å². The van der Waals surface area contributed by atoms with Crippen LogP contribution in [0, 0.1) is 11.2 Å². The number of primary amides is 2. The van der Waals surface area contributed by atoms with E-state index < -0.39 is 58.3 Å². The van der Waals surface area contributed by atoms with Crippen LogP contribution in [-0.4, -0.2) is 40.9 Å². The fourth-order valence-corrected chi connectivity index (χ4v) is 7.06. The van der Waals surface area contributed by atoms with E-state index in [0.717, 1.165) is 0 Å². The number of nitrogens with zero attached hydrogens (tertiary/aromatic N) is 1. The number of carboxylic acid groups (broad SMARTS) is 1. The van der Waals surface area contributed by atoms with E-state index in [1.165, 1.54) is 41.3 Å². The van der Waals surface area contributed by atoms with E-state index in [1.54, 1.807) is 18.2 Å². The van der Waals surface area contributed by atoms with E-state index in [0.29, 0.717) is 16.3 Å². The number of rotatable bonds is 6. The third kappa shape index (κ3) is 4.78. The number of anilines is 2. The Kier molecular flexibility index (Phi) is 7.43. The van der Waals surface area contributed by atoms with Crippen molar-refractivity contribution < 1.29 is 28.7 Å². The van der Waals surface area contributed by atoms with Gasteiger partial charge < -0.3 is 26.8 Å². The van der Waals surface area contributed by atoms with Crippen LogP contribution in [0.4, 0.5) is 15.8 Å². The standard InChI is InChI=1S/C31H29Cl2FN4O5/c1-30(2,3)13-22-31(18-9-8-15(32)12-20(18)37-29(31)43)23(16-5-4-6-19(33)24(16)34)25(28(41)42)38(22)21-10-7-14(26(35)39)11-17(21)27(36)40/h4-12,22-23,25H,13H2,1-3H3,(H2,35,39)(H2,36,40)(H,37,43)(H,41,42)/t22-,23-,25+,31?/m0/s1. The number of aliphatic carboxylic acids is 1. The minimum Gasteiger partial charge on any atom is -0.480 e. The molecule has 0 bridgehead atoms. The van der Waals surface area contributed by atoms with Crippen LogP contribution in [0.15, 0.2) is 54.6 Å². The molecule has 2 heterocycles. The van der Waals surface area contributed by atoms with Gasteiger partial charge in [-0.1, -0.05) is 62.2 Å². The third-order valence-corrected chi connectivity index (χ3v) is 8.75. The number of carboxylic acids is 1. The van der Waals surface area contributed by atoms with Gasteiger partial charge in [0.1, 0.15) is 17.3 Å². The van der Waals surface area contributed by atoms with Crippen molar-refractivity contribution in [3.63, 3.8) is 0 Å². The topological polar surface area (TPSA) is 156 Å². The number of carbonyl (C=O) groups is 4. The summed E-state index contributed by atoms with van der Waals surface area (Å²) in [4.78, 5) is 54.1. The summed E-state index contributed by atoms with van der Waals surface area (Å²) >= 11 is 12.5. The van der Waals surface area contributed by atoms with Crippen LogP contribution >= 0.6 is 23.2 Å². The van der Waals surface area contributed by atoms with Crippen LogP contribution in [0.5, 0.6) is 0 Å². The first-order valence-corrected chi connectivity index (χ1v) is 14.2. The van der Waals surface area contributed by atoms with Gasteiger partial charge in [0.25, 0.3) is 5.91 Å². The molecule has 3 aromatic carbocycles. The smallest absolute Gasteiger partial charge is 0.327 e. The van der Waals surface area contributed by atoms with Gasteiger partial charge in [-0.05, 0) is 59.4 Å². The highest BCUT2D eigenvalue weighted by Gasteiger charge is 2.69. The molecule has 0 aromatic heterocycles. The molecule has 2 aliphatic rings. The lowest BCUT2D eigenvalue weighted by molar-refractivity contribution is -0.139. The molecular weight excluding hydrogens is 598 g/mol. The molecule has 5 rings (SSSR count). The zero-order chi connectivity index (χ0) is 31.6. The number of amides is 3. The lowest BCUT2D eigenvalue weighted by atomic mass is 9.62. The van der Waals surface area contributed by atoms with Gasteiger partial charge in [0.05, 0.1) is 16.3 Å². The van der Waals surface area contributed by atoms with Gasteiger partial charge in [0.2, 0.25) is 11.8 Å². The fourth-order valence-electron chi connectivity index (χ4n) is 6.70. The molecule has 6 N–H and O–H groups in total. The second kappa shape index (κ2) is 10.5. The lowest BCUT2D eigenvalue weighted by Crippen LogP contribution is -2.51. The van der Waals surface area contributed by atoms with Crippen LogP contribution in [0.2, 0.25) is 10.0 Å². The molecule has 3 amide bonds. The first-order valence-electron chi connectivity index (χ1n) is 13.4. The molecule has 1 spiro atoms. The van der Waals surface area contributed by atoms with E-state index in [2.05, 4.69) is 5.32 Å². The van der Waals surface area contributed by atoms with Gasteiger partial charge in [-0.3, -0.25) is 14.4 Å². The highest BCUT2D eigenvalue weighted by atomic mass is 35.5. The second-order valence-corrected chi connectivity index (χ2v) is 12.9. The number of carbonyl (C=O) groups excluding carboxylic acids is 3. The SMILES string of the molecule is CC(C)(C)C[C@@H]1N(c2ccc(C(N)=O)cc2C(N)=O)[C@@H](C(=O)O)[C@H](c2cccc(Cl)c2F)C12C(=O)Nc1cc(Cl)ccc12. The van der Waals surface area contributed by atoms with Gasteiger partial charge in [0, 0.05) is 28.2 Å². The summed E-state index contributed by atoms with van der Waals surface area (Å²) in [6.45, 7) is 5.76. The molecule has 0 saturated carbocycles. The Labute approximate surface area is 256 Å². The summed E-state index contributed by atoms with van der Waals surface area (Å²) in [7, 11) is 0. The molecule has 0 radical (unpaired) electrons. The zero-order valence-electron chi connectivity index (χ0n) is 23.5. The zero-order valence-corrected chi connectivity index (χ0v) is 25.0. The number of hydrogen-bond acceptors (Lipinski definition) is 5. The molecule has 9 nitrogen and oxygen atoms in total. The Bertz CT molecular complexity index is 1710. The predicted molar refractivity (Wildman–Crippen MR) is 161 cm³/mol. The molecule has 43 heavy (non-hydrogen) atoms. The van der Waals surface area contributed by atoms with Crippen LogP contribution in [-0.2, 0) is 15.0 Å². The number of benzene rings is 3. The Morgan fingerprint density at radius 3 is 2.35 bits per heavy atom. The third-order valence-electron chi connectivity index (χ3n) is 8.22. The number of fused-ring (bicyclic) bond motifs is 2. The average Bonchev–Trinajstić information content (AvgIpc) is 3.35. The summed E-state index contributed by atoms with van der Waals surface area (Å²) < 4.78 is 16.0. The quantitative estimate of drug-likeness (QED) is 0.299. The van der Waals surface area contributed by atoms with Crippen LogP contribution in [0.1, 0.15) is 65.0 Å². The highest BCUT2D eigenvalue weighted by molar-refractivity contribution is 6.31. The Balaban J connectivity index is 1.95. The number of halogens is 3. The minimum atomic E-state index is -1.71. The van der Waals surface area contributed by atoms with E-state index in [4.69, 9.17) is 34.7 Å². The molecule has 2 aliphatic heterocycles. The number of nitrogens with one attached hydrogen (secondary N) is 1. The Morgan fingerprint density at radius 1 is 1.05 bits per heavy atom.